The SMILES string of the molecule is CCN(Cc1ccccc1)S(=O)(=O)c1ccc(C(=O)N=c2sc3c(OC)ccc(OC)c3n2CC)cc1. The van der Waals surface area contributed by atoms with Crippen molar-refractivity contribution in [3.63, 3.8) is 0 Å². The highest BCUT2D eigenvalue weighted by atomic mass is 32.2. The summed E-state index contributed by atoms with van der Waals surface area (Å²) in [7, 11) is -0.548. The van der Waals surface area contributed by atoms with Gasteiger partial charge < -0.3 is 14.0 Å². The van der Waals surface area contributed by atoms with Crippen LogP contribution in [0.4, 0.5) is 0 Å². The molecule has 0 aliphatic heterocycles. The van der Waals surface area contributed by atoms with Gasteiger partial charge in [0.1, 0.15) is 21.7 Å². The van der Waals surface area contributed by atoms with Crippen molar-refractivity contribution in [2.75, 3.05) is 20.8 Å². The number of benzene rings is 3. The Hall–Kier alpha value is -3.47. The van der Waals surface area contributed by atoms with Gasteiger partial charge >= 0.3 is 0 Å². The zero-order valence-corrected chi connectivity index (χ0v) is 22.8. The molecule has 1 amide bonds. The van der Waals surface area contributed by atoms with Crippen LogP contribution in [0, 0.1) is 0 Å². The third-order valence-corrected chi connectivity index (χ3v) is 9.03. The summed E-state index contributed by atoms with van der Waals surface area (Å²) < 4.78 is 41.6. The van der Waals surface area contributed by atoms with Gasteiger partial charge in [-0.05, 0) is 48.9 Å². The molecule has 0 unspecified atom stereocenters. The van der Waals surface area contributed by atoms with Crippen LogP contribution in [0.5, 0.6) is 11.5 Å². The van der Waals surface area contributed by atoms with Crippen molar-refractivity contribution < 1.29 is 22.7 Å². The van der Waals surface area contributed by atoms with Crippen molar-refractivity contribution in [1.29, 1.82) is 0 Å². The molecule has 4 aromatic rings. The maximum absolute atomic E-state index is 13.2. The fraction of sp³-hybridized carbons (Fsp3) is 0.259. The van der Waals surface area contributed by atoms with E-state index in [9.17, 15) is 13.2 Å². The Morgan fingerprint density at radius 2 is 1.59 bits per heavy atom. The number of sulfonamides is 1. The third kappa shape index (κ3) is 5.31. The summed E-state index contributed by atoms with van der Waals surface area (Å²) in [5.41, 5.74) is 2.00. The van der Waals surface area contributed by atoms with Gasteiger partial charge in [-0.15, -0.1) is 0 Å². The molecule has 4 rings (SSSR count). The zero-order chi connectivity index (χ0) is 26.6. The van der Waals surface area contributed by atoms with Crippen LogP contribution in [0.15, 0.2) is 76.6 Å². The lowest BCUT2D eigenvalue weighted by Gasteiger charge is -2.20. The molecular weight excluding hydrogens is 510 g/mol. The van der Waals surface area contributed by atoms with Gasteiger partial charge in [-0.25, -0.2) is 8.42 Å². The van der Waals surface area contributed by atoms with Gasteiger partial charge in [0.2, 0.25) is 10.0 Å². The number of methoxy groups -OCH3 is 2. The van der Waals surface area contributed by atoms with E-state index in [4.69, 9.17) is 9.47 Å². The summed E-state index contributed by atoms with van der Waals surface area (Å²) in [6, 6.07) is 19.0. The summed E-state index contributed by atoms with van der Waals surface area (Å²) in [6.45, 7) is 4.92. The van der Waals surface area contributed by atoms with Gasteiger partial charge in [0.05, 0.1) is 19.1 Å². The lowest BCUT2D eigenvalue weighted by Crippen LogP contribution is -2.30. The Morgan fingerprint density at radius 1 is 0.946 bits per heavy atom. The minimum Gasteiger partial charge on any atom is -0.495 e. The molecule has 3 aromatic carbocycles. The normalized spacial score (nSPS) is 12.3. The van der Waals surface area contributed by atoms with Crippen LogP contribution >= 0.6 is 11.3 Å². The molecule has 0 aliphatic rings. The monoisotopic (exact) mass is 539 g/mol. The first-order chi connectivity index (χ1) is 17.8. The average Bonchev–Trinajstić information content (AvgIpc) is 3.29. The van der Waals surface area contributed by atoms with Crippen molar-refractivity contribution in [1.82, 2.24) is 8.87 Å². The molecule has 0 spiro atoms. The minimum absolute atomic E-state index is 0.127. The number of hydrogen-bond donors (Lipinski definition) is 0. The molecule has 1 heterocycles. The van der Waals surface area contributed by atoms with Crippen LogP contribution < -0.4 is 14.3 Å². The highest BCUT2D eigenvalue weighted by Crippen LogP contribution is 2.35. The summed E-state index contributed by atoms with van der Waals surface area (Å²) in [4.78, 5) is 18.1. The summed E-state index contributed by atoms with van der Waals surface area (Å²) in [6.07, 6.45) is 0. The maximum atomic E-state index is 13.2. The predicted molar refractivity (Wildman–Crippen MR) is 145 cm³/mol. The van der Waals surface area contributed by atoms with Gasteiger partial charge in [0.15, 0.2) is 4.80 Å². The quantitative estimate of drug-likeness (QED) is 0.308. The Morgan fingerprint density at radius 3 is 2.19 bits per heavy atom. The Bertz CT molecular complexity index is 1570. The van der Waals surface area contributed by atoms with E-state index in [0.29, 0.717) is 35.0 Å². The topological polar surface area (TPSA) is 90.2 Å². The number of hydrogen-bond acceptors (Lipinski definition) is 6. The van der Waals surface area contributed by atoms with Crippen molar-refractivity contribution in [2.24, 2.45) is 4.99 Å². The lowest BCUT2D eigenvalue weighted by atomic mass is 10.2. The number of rotatable bonds is 9. The van der Waals surface area contributed by atoms with E-state index in [2.05, 4.69) is 4.99 Å². The van der Waals surface area contributed by atoms with Crippen LogP contribution in [-0.2, 0) is 23.1 Å². The number of carbonyl (C=O) groups excluding carboxylic acids is 1. The number of amides is 1. The van der Waals surface area contributed by atoms with Crippen LogP contribution in [0.25, 0.3) is 10.2 Å². The summed E-state index contributed by atoms with van der Waals surface area (Å²) in [5, 5.41) is 0. The van der Waals surface area contributed by atoms with E-state index < -0.39 is 15.9 Å². The largest absolute Gasteiger partial charge is 0.495 e. The van der Waals surface area contributed by atoms with E-state index in [1.807, 2.05) is 54.0 Å². The Labute approximate surface area is 220 Å². The van der Waals surface area contributed by atoms with Crippen molar-refractivity contribution >= 4 is 37.5 Å². The number of thiazole rings is 1. The van der Waals surface area contributed by atoms with Gasteiger partial charge in [-0.2, -0.15) is 9.30 Å². The Kier molecular flexibility index (Phi) is 8.11. The van der Waals surface area contributed by atoms with Gasteiger partial charge in [-0.1, -0.05) is 48.6 Å². The molecule has 10 heteroatoms. The van der Waals surface area contributed by atoms with Gasteiger partial charge in [-0.3, -0.25) is 4.79 Å². The highest BCUT2D eigenvalue weighted by Gasteiger charge is 2.23. The molecule has 1 aromatic heterocycles. The number of aryl methyl sites for hydroxylation is 1. The summed E-state index contributed by atoms with van der Waals surface area (Å²) >= 11 is 1.34. The second-order valence-corrected chi connectivity index (χ2v) is 11.1. The molecular formula is C27H29N3O5S2. The molecule has 0 N–H and O–H groups in total. The van der Waals surface area contributed by atoms with Crippen molar-refractivity contribution in [2.45, 2.75) is 31.8 Å². The van der Waals surface area contributed by atoms with Gasteiger partial charge in [0, 0.05) is 25.2 Å². The number of aromatic nitrogens is 1. The first-order valence-electron chi connectivity index (χ1n) is 11.8. The zero-order valence-electron chi connectivity index (χ0n) is 21.2. The van der Waals surface area contributed by atoms with E-state index in [1.54, 1.807) is 21.1 Å². The van der Waals surface area contributed by atoms with Crippen molar-refractivity contribution in [3.8, 4) is 11.5 Å². The average molecular weight is 540 g/mol. The predicted octanol–water partition coefficient (Wildman–Crippen LogP) is 4.69. The number of fused-ring (bicyclic) bond motifs is 1. The van der Waals surface area contributed by atoms with Crippen LogP contribution in [-0.4, -0.2) is 44.0 Å². The van der Waals surface area contributed by atoms with E-state index >= 15 is 0 Å². The number of carbonyl (C=O) groups is 1. The van der Waals surface area contributed by atoms with Crippen LogP contribution in [0.2, 0.25) is 0 Å². The third-order valence-electron chi connectivity index (χ3n) is 6.00. The minimum atomic E-state index is -3.73. The van der Waals surface area contributed by atoms with Crippen molar-refractivity contribution in [3.05, 3.63) is 82.7 Å². The van der Waals surface area contributed by atoms with E-state index in [-0.39, 0.29) is 11.4 Å². The van der Waals surface area contributed by atoms with Crippen LogP contribution in [0.1, 0.15) is 29.8 Å². The second kappa shape index (κ2) is 11.3. The Balaban J connectivity index is 1.66. The molecule has 0 saturated heterocycles. The fourth-order valence-electron chi connectivity index (χ4n) is 4.06. The molecule has 0 radical (unpaired) electrons. The lowest BCUT2D eigenvalue weighted by molar-refractivity contribution is 0.0997. The molecule has 0 bridgehead atoms. The molecule has 0 saturated carbocycles. The molecule has 0 atom stereocenters. The maximum Gasteiger partial charge on any atom is 0.279 e. The highest BCUT2D eigenvalue weighted by molar-refractivity contribution is 7.89. The first-order valence-corrected chi connectivity index (χ1v) is 14.1. The number of nitrogens with zero attached hydrogens (tertiary/aromatic N) is 3. The molecule has 0 aliphatic carbocycles. The van der Waals surface area contributed by atoms with E-state index in [1.165, 1.54) is 39.9 Å². The van der Waals surface area contributed by atoms with Gasteiger partial charge in [0.25, 0.3) is 5.91 Å². The number of ether oxygens (including phenoxy) is 2. The standard InChI is InChI=1S/C27H29N3O5S2/c1-5-29(18-19-10-8-7-9-11-19)37(32,33)21-14-12-20(13-15-21)26(31)28-27-30(6-2)24-22(34-3)16-17-23(35-4)25(24)36-27/h7-17H,5-6,18H2,1-4H3. The second-order valence-electron chi connectivity index (χ2n) is 8.13. The molecule has 194 valence electrons. The molecule has 8 nitrogen and oxygen atoms in total. The molecule has 37 heavy (non-hydrogen) atoms. The smallest absolute Gasteiger partial charge is 0.279 e. The summed E-state index contributed by atoms with van der Waals surface area (Å²) in [5.74, 6) is 0.864. The van der Waals surface area contributed by atoms with Crippen LogP contribution in [0.3, 0.4) is 0 Å². The fourth-order valence-corrected chi connectivity index (χ4v) is 6.69. The van der Waals surface area contributed by atoms with E-state index in [0.717, 1.165) is 15.8 Å². The first kappa shape index (κ1) is 26.6. The molecule has 0 fully saturated rings.